The fourth-order valence-electron chi connectivity index (χ4n) is 1.08. The first-order chi connectivity index (χ1) is 6.52. The number of nitro groups is 1. The molecule has 0 aliphatic heterocycles. The zero-order valence-electron chi connectivity index (χ0n) is 7.55. The van der Waals surface area contributed by atoms with Gasteiger partial charge in [-0.2, -0.15) is 0 Å². The summed E-state index contributed by atoms with van der Waals surface area (Å²) in [5, 5.41) is 20.5. The Labute approximate surface area is 86.3 Å². The van der Waals surface area contributed by atoms with E-state index < -0.39 is 17.1 Å². The van der Waals surface area contributed by atoms with Crippen LogP contribution in [0.4, 0.5) is 0 Å². The summed E-state index contributed by atoms with van der Waals surface area (Å²) in [6.45, 7) is 1.35. The number of benzene rings is 1. The molecule has 0 saturated carbocycles. The third kappa shape index (κ3) is 2.43. The van der Waals surface area contributed by atoms with Gasteiger partial charge in [-0.1, -0.05) is 23.7 Å². The second kappa shape index (κ2) is 4.39. The molecular weight excluding hydrogens is 206 g/mol. The van der Waals surface area contributed by atoms with Crippen LogP contribution in [0.15, 0.2) is 24.3 Å². The van der Waals surface area contributed by atoms with Crippen LogP contribution in [0, 0.1) is 10.1 Å². The molecule has 4 nitrogen and oxygen atoms in total. The molecule has 1 N–H and O–H groups in total. The maximum atomic E-state index is 10.4. The van der Waals surface area contributed by atoms with Crippen molar-refractivity contribution in [2.45, 2.75) is 19.1 Å². The second-order valence-corrected chi connectivity index (χ2v) is 3.46. The minimum absolute atomic E-state index is 0.456. The average molecular weight is 216 g/mol. The van der Waals surface area contributed by atoms with Crippen LogP contribution in [0.2, 0.25) is 5.02 Å². The number of aliphatic hydroxyl groups is 1. The van der Waals surface area contributed by atoms with Crippen LogP contribution >= 0.6 is 11.6 Å². The molecule has 1 aromatic rings. The minimum Gasteiger partial charge on any atom is -0.381 e. The van der Waals surface area contributed by atoms with E-state index in [0.29, 0.717) is 10.6 Å². The zero-order valence-corrected chi connectivity index (χ0v) is 8.31. The Balaban J connectivity index is 2.89. The van der Waals surface area contributed by atoms with E-state index in [2.05, 4.69) is 0 Å². The van der Waals surface area contributed by atoms with Gasteiger partial charge < -0.3 is 5.11 Å². The van der Waals surface area contributed by atoms with E-state index in [1.165, 1.54) is 13.0 Å². The molecule has 0 spiro atoms. The third-order valence-electron chi connectivity index (χ3n) is 1.98. The maximum absolute atomic E-state index is 10.4. The number of halogens is 1. The van der Waals surface area contributed by atoms with Gasteiger partial charge in [-0.3, -0.25) is 10.1 Å². The van der Waals surface area contributed by atoms with E-state index >= 15 is 0 Å². The van der Waals surface area contributed by atoms with Gasteiger partial charge in [0.05, 0.1) is 0 Å². The van der Waals surface area contributed by atoms with Gasteiger partial charge in [0.1, 0.15) is 6.10 Å². The topological polar surface area (TPSA) is 63.4 Å². The molecule has 0 saturated heterocycles. The summed E-state index contributed by atoms with van der Waals surface area (Å²) >= 11 is 5.69. The first-order valence-corrected chi connectivity index (χ1v) is 4.47. The van der Waals surface area contributed by atoms with Crippen molar-refractivity contribution in [3.8, 4) is 0 Å². The highest BCUT2D eigenvalue weighted by Crippen LogP contribution is 2.21. The fourth-order valence-corrected chi connectivity index (χ4v) is 1.28. The molecular formula is C9H10ClNO3. The van der Waals surface area contributed by atoms with Gasteiger partial charge in [0.25, 0.3) is 0 Å². The molecule has 0 unspecified atom stereocenters. The van der Waals surface area contributed by atoms with E-state index in [-0.39, 0.29) is 0 Å². The lowest BCUT2D eigenvalue weighted by Crippen LogP contribution is -2.23. The van der Waals surface area contributed by atoms with Crippen LogP contribution in [0.25, 0.3) is 0 Å². The quantitative estimate of drug-likeness (QED) is 0.620. The van der Waals surface area contributed by atoms with E-state index in [0.717, 1.165) is 0 Å². The molecule has 0 radical (unpaired) electrons. The standard InChI is InChI=1S/C9H10ClNO3/c1-6(11(13)14)9(12)7-3-2-4-8(10)5-7/h2-6,9,12H,1H3/t6-,9+/m0/s1. The molecule has 0 aliphatic carbocycles. The largest absolute Gasteiger partial charge is 0.381 e. The van der Waals surface area contributed by atoms with Crippen molar-refractivity contribution in [2.75, 3.05) is 0 Å². The van der Waals surface area contributed by atoms with Gasteiger partial charge in [-0.05, 0) is 17.7 Å². The highest BCUT2D eigenvalue weighted by atomic mass is 35.5. The minimum atomic E-state index is -1.12. The van der Waals surface area contributed by atoms with Crippen molar-refractivity contribution < 1.29 is 10.0 Å². The Hall–Kier alpha value is -1.13. The lowest BCUT2D eigenvalue weighted by atomic mass is 10.0. The van der Waals surface area contributed by atoms with Crippen molar-refractivity contribution in [1.29, 1.82) is 0 Å². The molecule has 0 bridgehead atoms. The van der Waals surface area contributed by atoms with E-state index in [4.69, 9.17) is 11.6 Å². The number of hydrogen-bond acceptors (Lipinski definition) is 3. The fraction of sp³-hybridized carbons (Fsp3) is 0.333. The van der Waals surface area contributed by atoms with Crippen LogP contribution in [0.1, 0.15) is 18.6 Å². The SMILES string of the molecule is C[C@@H]([C@@H](O)c1cccc(Cl)c1)[N+](=O)[O-]. The third-order valence-corrected chi connectivity index (χ3v) is 2.21. The second-order valence-electron chi connectivity index (χ2n) is 3.03. The smallest absolute Gasteiger partial charge is 0.239 e. The molecule has 0 aliphatic rings. The predicted molar refractivity (Wildman–Crippen MR) is 52.9 cm³/mol. The van der Waals surface area contributed by atoms with Crippen molar-refractivity contribution >= 4 is 11.6 Å². The van der Waals surface area contributed by atoms with E-state index in [1.807, 2.05) is 0 Å². The van der Waals surface area contributed by atoms with Crippen molar-refractivity contribution in [1.82, 2.24) is 0 Å². The normalized spacial score (nSPS) is 14.8. The van der Waals surface area contributed by atoms with Crippen LogP contribution < -0.4 is 0 Å². The Morgan fingerprint density at radius 2 is 2.21 bits per heavy atom. The number of nitrogens with zero attached hydrogens (tertiary/aromatic N) is 1. The monoisotopic (exact) mass is 215 g/mol. The predicted octanol–water partition coefficient (Wildman–Crippen LogP) is 2.04. The Kier molecular flexibility index (Phi) is 3.43. The maximum Gasteiger partial charge on any atom is 0.239 e. The zero-order chi connectivity index (χ0) is 10.7. The van der Waals surface area contributed by atoms with Gasteiger partial charge in [-0.15, -0.1) is 0 Å². The van der Waals surface area contributed by atoms with Crippen LogP contribution in [-0.4, -0.2) is 16.1 Å². The Morgan fingerprint density at radius 3 is 2.71 bits per heavy atom. The molecule has 14 heavy (non-hydrogen) atoms. The summed E-state index contributed by atoms with van der Waals surface area (Å²) in [4.78, 5) is 9.89. The number of aliphatic hydroxyl groups excluding tert-OH is 1. The Morgan fingerprint density at radius 1 is 1.57 bits per heavy atom. The summed E-state index contributed by atoms with van der Waals surface area (Å²) in [5.41, 5.74) is 0.460. The molecule has 5 heteroatoms. The van der Waals surface area contributed by atoms with E-state index in [9.17, 15) is 15.2 Å². The number of hydrogen-bond donors (Lipinski definition) is 1. The van der Waals surface area contributed by atoms with Gasteiger partial charge in [-0.25, -0.2) is 0 Å². The summed E-state index contributed by atoms with van der Waals surface area (Å²) in [5.74, 6) is 0. The van der Waals surface area contributed by atoms with Gasteiger partial charge in [0.2, 0.25) is 6.04 Å². The van der Waals surface area contributed by atoms with Gasteiger partial charge in [0, 0.05) is 16.9 Å². The van der Waals surface area contributed by atoms with Crippen molar-refractivity contribution in [2.24, 2.45) is 0 Å². The van der Waals surface area contributed by atoms with Crippen LogP contribution in [0.3, 0.4) is 0 Å². The molecule has 76 valence electrons. The molecule has 0 amide bonds. The van der Waals surface area contributed by atoms with Crippen LogP contribution in [0.5, 0.6) is 0 Å². The lowest BCUT2D eigenvalue weighted by Gasteiger charge is -2.12. The molecule has 1 aromatic carbocycles. The summed E-state index contributed by atoms with van der Waals surface area (Å²) in [7, 11) is 0. The first kappa shape index (κ1) is 10.9. The highest BCUT2D eigenvalue weighted by molar-refractivity contribution is 6.30. The molecule has 0 heterocycles. The number of rotatable bonds is 3. The van der Waals surface area contributed by atoms with Crippen molar-refractivity contribution in [3.05, 3.63) is 45.0 Å². The van der Waals surface area contributed by atoms with Crippen LogP contribution in [-0.2, 0) is 0 Å². The lowest BCUT2D eigenvalue weighted by molar-refractivity contribution is -0.531. The average Bonchev–Trinajstić information content (AvgIpc) is 2.15. The van der Waals surface area contributed by atoms with Gasteiger partial charge >= 0.3 is 0 Å². The molecule has 0 fully saturated rings. The Bertz CT molecular complexity index is 343. The molecule has 2 atom stereocenters. The summed E-state index contributed by atoms with van der Waals surface area (Å²) in [6.07, 6.45) is -1.12. The molecule has 1 rings (SSSR count). The van der Waals surface area contributed by atoms with Gasteiger partial charge in [0.15, 0.2) is 0 Å². The first-order valence-electron chi connectivity index (χ1n) is 4.09. The summed E-state index contributed by atoms with van der Waals surface area (Å²) < 4.78 is 0. The highest BCUT2D eigenvalue weighted by Gasteiger charge is 2.25. The van der Waals surface area contributed by atoms with E-state index in [1.54, 1.807) is 18.2 Å². The summed E-state index contributed by atoms with van der Waals surface area (Å²) in [6, 6.07) is 5.39. The van der Waals surface area contributed by atoms with Crippen molar-refractivity contribution in [3.63, 3.8) is 0 Å². The molecule has 0 aromatic heterocycles.